The molecule has 0 atom stereocenters. The van der Waals surface area contributed by atoms with Gasteiger partial charge in [0.05, 0.1) is 12.7 Å². The molecule has 0 heterocycles. The molecule has 0 bridgehead atoms. The third-order valence-corrected chi connectivity index (χ3v) is 3.61. The van der Waals surface area contributed by atoms with Gasteiger partial charge in [0.25, 0.3) is 0 Å². The predicted molar refractivity (Wildman–Crippen MR) is 75.5 cm³/mol. The summed E-state index contributed by atoms with van der Waals surface area (Å²) >= 11 is 0. The lowest BCUT2D eigenvalue weighted by Gasteiger charge is -2.22. The first-order chi connectivity index (χ1) is 8.88. The summed E-state index contributed by atoms with van der Waals surface area (Å²) < 4.78 is 6.01. The molecule has 2 nitrogen and oxygen atoms in total. The molecule has 0 aromatic heterocycles. The number of nitrogens with one attached hydrogen (secondary N) is 1. The van der Waals surface area contributed by atoms with Crippen LogP contribution in [-0.4, -0.2) is 12.6 Å². The lowest BCUT2D eigenvalue weighted by atomic mass is 9.98. The molecule has 2 heteroatoms. The molecule has 0 amide bonds. The molecular weight excluding hydrogens is 222 g/mol. The zero-order chi connectivity index (χ0) is 12.6. The van der Waals surface area contributed by atoms with E-state index in [1.165, 1.54) is 43.2 Å². The van der Waals surface area contributed by atoms with Crippen LogP contribution in [-0.2, 0) is 17.9 Å². The van der Waals surface area contributed by atoms with Gasteiger partial charge in [-0.1, -0.05) is 50.5 Å². The molecular formula is C16H25NO. The molecule has 1 aromatic rings. The van der Waals surface area contributed by atoms with Crippen LogP contribution < -0.4 is 5.32 Å². The Kier molecular flexibility index (Phi) is 5.69. The van der Waals surface area contributed by atoms with Gasteiger partial charge in [-0.3, -0.25) is 0 Å². The standard InChI is InChI=1S/C16H25NO/c1-2-17-12-14-7-6-8-15(11-14)13-18-16-9-4-3-5-10-16/h6-8,11,16-17H,2-5,9-10,12-13H2,1H3. The van der Waals surface area contributed by atoms with Gasteiger partial charge >= 0.3 is 0 Å². The molecule has 1 aromatic carbocycles. The Morgan fingerprint density at radius 2 is 1.94 bits per heavy atom. The second-order valence-electron chi connectivity index (χ2n) is 5.17. The van der Waals surface area contributed by atoms with Gasteiger partial charge in [0.2, 0.25) is 0 Å². The van der Waals surface area contributed by atoms with Crippen molar-refractivity contribution in [3.05, 3.63) is 35.4 Å². The second kappa shape index (κ2) is 7.55. The van der Waals surface area contributed by atoms with Crippen molar-refractivity contribution in [1.82, 2.24) is 5.32 Å². The highest BCUT2D eigenvalue weighted by molar-refractivity contribution is 5.22. The highest BCUT2D eigenvalue weighted by Crippen LogP contribution is 2.21. The van der Waals surface area contributed by atoms with E-state index in [-0.39, 0.29) is 0 Å². The molecule has 0 aliphatic heterocycles. The minimum absolute atomic E-state index is 0.496. The zero-order valence-corrected chi connectivity index (χ0v) is 11.5. The monoisotopic (exact) mass is 247 g/mol. The zero-order valence-electron chi connectivity index (χ0n) is 11.5. The maximum Gasteiger partial charge on any atom is 0.0720 e. The fraction of sp³-hybridized carbons (Fsp3) is 0.625. The summed E-state index contributed by atoms with van der Waals surface area (Å²) in [4.78, 5) is 0. The van der Waals surface area contributed by atoms with Gasteiger partial charge in [-0.2, -0.15) is 0 Å². The Labute approximate surface area is 111 Å². The lowest BCUT2D eigenvalue weighted by molar-refractivity contribution is 0.0168. The van der Waals surface area contributed by atoms with Crippen LogP contribution in [0.5, 0.6) is 0 Å². The number of rotatable bonds is 6. The van der Waals surface area contributed by atoms with Crippen molar-refractivity contribution in [2.45, 2.75) is 58.3 Å². The van der Waals surface area contributed by atoms with Gasteiger partial charge < -0.3 is 10.1 Å². The SMILES string of the molecule is CCNCc1cccc(COC2CCCCC2)c1. The molecule has 1 saturated carbocycles. The molecule has 0 saturated heterocycles. The third kappa shape index (κ3) is 4.43. The highest BCUT2D eigenvalue weighted by Gasteiger charge is 2.13. The highest BCUT2D eigenvalue weighted by atomic mass is 16.5. The van der Waals surface area contributed by atoms with Crippen molar-refractivity contribution in [3.8, 4) is 0 Å². The second-order valence-corrected chi connectivity index (χ2v) is 5.17. The summed E-state index contributed by atoms with van der Waals surface area (Å²) in [6, 6.07) is 8.72. The van der Waals surface area contributed by atoms with E-state index in [0.29, 0.717) is 6.10 Å². The van der Waals surface area contributed by atoms with Crippen LogP contribution in [0.1, 0.15) is 50.2 Å². The number of benzene rings is 1. The molecule has 1 aliphatic rings. The normalized spacial score (nSPS) is 16.9. The smallest absolute Gasteiger partial charge is 0.0720 e. The number of ether oxygens (including phenoxy) is 1. The largest absolute Gasteiger partial charge is 0.374 e. The molecule has 1 fully saturated rings. The molecule has 2 rings (SSSR count). The van der Waals surface area contributed by atoms with Crippen LogP contribution >= 0.6 is 0 Å². The number of hydrogen-bond donors (Lipinski definition) is 1. The average molecular weight is 247 g/mol. The van der Waals surface area contributed by atoms with Crippen molar-refractivity contribution in [2.75, 3.05) is 6.54 Å². The van der Waals surface area contributed by atoms with E-state index in [2.05, 4.69) is 36.5 Å². The van der Waals surface area contributed by atoms with Crippen LogP contribution in [0.2, 0.25) is 0 Å². The lowest BCUT2D eigenvalue weighted by Crippen LogP contribution is -2.16. The quantitative estimate of drug-likeness (QED) is 0.828. The van der Waals surface area contributed by atoms with Crippen LogP contribution in [0.3, 0.4) is 0 Å². The van der Waals surface area contributed by atoms with Gasteiger partial charge in [-0.15, -0.1) is 0 Å². The summed E-state index contributed by atoms with van der Waals surface area (Å²) in [5.74, 6) is 0. The first kappa shape index (κ1) is 13.6. The summed E-state index contributed by atoms with van der Waals surface area (Å²) in [6.45, 7) is 4.87. The van der Waals surface area contributed by atoms with Crippen LogP contribution in [0.25, 0.3) is 0 Å². The van der Waals surface area contributed by atoms with E-state index < -0.39 is 0 Å². The van der Waals surface area contributed by atoms with Crippen LogP contribution in [0.15, 0.2) is 24.3 Å². The number of hydrogen-bond acceptors (Lipinski definition) is 2. The van der Waals surface area contributed by atoms with E-state index in [0.717, 1.165) is 19.7 Å². The third-order valence-electron chi connectivity index (χ3n) is 3.61. The van der Waals surface area contributed by atoms with E-state index in [4.69, 9.17) is 4.74 Å². The van der Waals surface area contributed by atoms with Crippen LogP contribution in [0.4, 0.5) is 0 Å². The first-order valence-corrected chi connectivity index (χ1v) is 7.28. The molecule has 0 unspecified atom stereocenters. The summed E-state index contributed by atoms with van der Waals surface area (Å²) in [5.41, 5.74) is 2.65. The Bertz CT molecular complexity index is 345. The maximum absolute atomic E-state index is 6.01. The molecule has 0 radical (unpaired) electrons. The van der Waals surface area contributed by atoms with Gasteiger partial charge in [-0.25, -0.2) is 0 Å². The Morgan fingerprint density at radius 1 is 1.17 bits per heavy atom. The van der Waals surface area contributed by atoms with Crippen molar-refractivity contribution >= 4 is 0 Å². The fourth-order valence-corrected chi connectivity index (χ4v) is 2.54. The first-order valence-electron chi connectivity index (χ1n) is 7.28. The topological polar surface area (TPSA) is 21.3 Å². The molecule has 0 spiro atoms. The van der Waals surface area contributed by atoms with Crippen LogP contribution in [0, 0.1) is 0 Å². The van der Waals surface area contributed by atoms with Gasteiger partial charge in [0, 0.05) is 6.54 Å². The molecule has 1 N–H and O–H groups in total. The Hall–Kier alpha value is -0.860. The van der Waals surface area contributed by atoms with Gasteiger partial charge in [0.15, 0.2) is 0 Å². The van der Waals surface area contributed by atoms with E-state index in [1.807, 2.05) is 0 Å². The summed E-state index contributed by atoms with van der Waals surface area (Å²) in [7, 11) is 0. The van der Waals surface area contributed by atoms with Crippen molar-refractivity contribution in [1.29, 1.82) is 0 Å². The minimum atomic E-state index is 0.496. The van der Waals surface area contributed by atoms with Gasteiger partial charge in [-0.05, 0) is 30.5 Å². The summed E-state index contributed by atoms with van der Waals surface area (Å²) in [6.07, 6.45) is 7.05. The van der Waals surface area contributed by atoms with Gasteiger partial charge in [0.1, 0.15) is 0 Å². The maximum atomic E-state index is 6.01. The molecule has 1 aliphatic carbocycles. The summed E-state index contributed by atoms with van der Waals surface area (Å²) in [5, 5.41) is 3.36. The molecule has 18 heavy (non-hydrogen) atoms. The van der Waals surface area contributed by atoms with E-state index in [9.17, 15) is 0 Å². The fourth-order valence-electron chi connectivity index (χ4n) is 2.54. The van der Waals surface area contributed by atoms with Crippen molar-refractivity contribution in [2.24, 2.45) is 0 Å². The van der Waals surface area contributed by atoms with E-state index in [1.54, 1.807) is 0 Å². The Balaban J connectivity index is 1.80. The minimum Gasteiger partial charge on any atom is -0.374 e. The van der Waals surface area contributed by atoms with Crippen molar-refractivity contribution < 1.29 is 4.74 Å². The Morgan fingerprint density at radius 3 is 2.72 bits per heavy atom. The van der Waals surface area contributed by atoms with Crippen molar-refractivity contribution in [3.63, 3.8) is 0 Å². The van der Waals surface area contributed by atoms with E-state index >= 15 is 0 Å². The molecule has 100 valence electrons. The predicted octanol–water partition coefficient (Wildman–Crippen LogP) is 3.65. The average Bonchev–Trinajstić information content (AvgIpc) is 2.44.